The zero-order valence-corrected chi connectivity index (χ0v) is 10.2. The van der Waals surface area contributed by atoms with Gasteiger partial charge in [-0.25, -0.2) is 8.42 Å². The Labute approximate surface area is 94.4 Å². The van der Waals surface area contributed by atoms with Crippen LogP contribution in [0.2, 0.25) is 5.02 Å². The maximum atomic E-state index is 10.8. The van der Waals surface area contributed by atoms with Gasteiger partial charge in [0.2, 0.25) is 9.05 Å². The normalized spacial score (nSPS) is 11.6. The minimum Gasteiger partial charge on any atom is -0.212 e. The van der Waals surface area contributed by atoms with Crippen LogP contribution in [0, 0.1) is 0 Å². The number of rotatable bonds is 2. The lowest BCUT2D eigenvalue weighted by Crippen LogP contribution is -1.95. The topological polar surface area (TPSA) is 34.1 Å². The Morgan fingerprint density at radius 1 is 1.38 bits per heavy atom. The number of benzene rings is 1. The highest BCUT2D eigenvalue weighted by atomic mass is 79.9. The molecule has 0 aliphatic heterocycles. The summed E-state index contributed by atoms with van der Waals surface area (Å²) >= 11 is 9.01. The van der Waals surface area contributed by atoms with Crippen LogP contribution in [0.5, 0.6) is 0 Å². The molecular formula is C7H5BrCl2O2S. The summed E-state index contributed by atoms with van der Waals surface area (Å²) < 4.78 is 22.2. The molecule has 0 atom stereocenters. The molecule has 13 heavy (non-hydrogen) atoms. The second kappa shape index (κ2) is 4.17. The molecule has 0 saturated carbocycles. The van der Waals surface area contributed by atoms with Gasteiger partial charge in [0.1, 0.15) is 0 Å². The van der Waals surface area contributed by atoms with Gasteiger partial charge in [-0.2, -0.15) is 0 Å². The summed E-state index contributed by atoms with van der Waals surface area (Å²) in [7, 11) is 1.54. The molecule has 1 rings (SSSR count). The second-order valence-electron chi connectivity index (χ2n) is 2.40. The Kier molecular flexibility index (Phi) is 3.63. The Hall–Kier alpha value is 0.230. The first kappa shape index (κ1) is 11.3. The maximum absolute atomic E-state index is 10.8. The van der Waals surface area contributed by atoms with Gasteiger partial charge in [0.05, 0.1) is 10.8 Å². The molecule has 0 unspecified atom stereocenters. The summed E-state index contributed by atoms with van der Waals surface area (Å²) in [6.07, 6.45) is 0. The van der Waals surface area contributed by atoms with Gasteiger partial charge in [-0.15, -0.1) is 0 Å². The molecule has 0 fully saturated rings. The van der Waals surface area contributed by atoms with Gasteiger partial charge in [0.15, 0.2) is 0 Å². The highest BCUT2D eigenvalue weighted by molar-refractivity contribution is 9.10. The van der Waals surface area contributed by atoms with E-state index in [0.717, 1.165) is 0 Å². The van der Waals surface area contributed by atoms with Crippen molar-refractivity contribution in [2.24, 2.45) is 0 Å². The van der Waals surface area contributed by atoms with Crippen molar-refractivity contribution in [2.45, 2.75) is 5.75 Å². The molecule has 0 heterocycles. The molecule has 0 N–H and O–H groups in total. The zero-order chi connectivity index (χ0) is 10.1. The summed E-state index contributed by atoms with van der Waals surface area (Å²) in [6.45, 7) is 0. The summed E-state index contributed by atoms with van der Waals surface area (Å²) in [4.78, 5) is 0. The molecular weight excluding hydrogens is 299 g/mol. The minimum atomic E-state index is -3.55. The fraction of sp³-hybridized carbons (Fsp3) is 0.143. The van der Waals surface area contributed by atoms with Crippen molar-refractivity contribution in [2.75, 3.05) is 0 Å². The van der Waals surface area contributed by atoms with Crippen molar-refractivity contribution in [1.29, 1.82) is 0 Å². The highest BCUT2D eigenvalue weighted by Gasteiger charge is 2.11. The molecule has 1 aromatic carbocycles. The van der Waals surface area contributed by atoms with E-state index in [1.165, 1.54) is 0 Å². The van der Waals surface area contributed by atoms with Gasteiger partial charge < -0.3 is 0 Å². The van der Waals surface area contributed by atoms with Crippen LogP contribution in [-0.4, -0.2) is 8.42 Å². The zero-order valence-electron chi connectivity index (χ0n) is 6.30. The fourth-order valence-corrected chi connectivity index (χ4v) is 2.49. The molecule has 0 amide bonds. The Balaban J connectivity index is 3.10. The Morgan fingerprint density at radius 3 is 2.54 bits per heavy atom. The maximum Gasteiger partial charge on any atom is 0.236 e. The van der Waals surface area contributed by atoms with Crippen molar-refractivity contribution in [3.05, 3.63) is 33.3 Å². The minimum absolute atomic E-state index is 0.257. The summed E-state index contributed by atoms with van der Waals surface area (Å²) in [5.74, 6) is -0.257. The van der Waals surface area contributed by atoms with E-state index >= 15 is 0 Å². The lowest BCUT2D eigenvalue weighted by molar-refractivity contribution is 0.609. The smallest absolute Gasteiger partial charge is 0.212 e. The first-order chi connectivity index (χ1) is 5.90. The van der Waals surface area contributed by atoms with Gasteiger partial charge >= 0.3 is 0 Å². The first-order valence-corrected chi connectivity index (χ1v) is 6.90. The number of halogens is 3. The van der Waals surface area contributed by atoms with E-state index in [9.17, 15) is 8.42 Å². The Bertz CT molecular complexity index is 417. The van der Waals surface area contributed by atoms with Crippen molar-refractivity contribution < 1.29 is 8.42 Å². The van der Waals surface area contributed by atoms with Crippen molar-refractivity contribution in [3.63, 3.8) is 0 Å². The predicted molar refractivity (Wildman–Crippen MR) is 57.6 cm³/mol. The molecule has 0 saturated heterocycles. The Morgan fingerprint density at radius 2 is 2.00 bits per heavy atom. The molecule has 72 valence electrons. The molecule has 6 heteroatoms. The third-order valence-corrected chi connectivity index (χ3v) is 3.68. The van der Waals surface area contributed by atoms with E-state index in [1.807, 2.05) is 0 Å². The van der Waals surface area contributed by atoms with Crippen molar-refractivity contribution in [1.82, 2.24) is 0 Å². The van der Waals surface area contributed by atoms with Crippen LogP contribution in [0.25, 0.3) is 0 Å². The van der Waals surface area contributed by atoms with Crippen molar-refractivity contribution in [3.8, 4) is 0 Å². The SMILES string of the molecule is O=S(=O)(Cl)Cc1cccc(Br)c1Cl. The van der Waals surface area contributed by atoms with Gasteiger partial charge in [-0.3, -0.25) is 0 Å². The second-order valence-corrected chi connectivity index (χ2v) is 6.41. The average Bonchev–Trinajstić information content (AvgIpc) is 1.96. The monoisotopic (exact) mass is 302 g/mol. The van der Waals surface area contributed by atoms with E-state index in [0.29, 0.717) is 15.1 Å². The van der Waals surface area contributed by atoms with E-state index < -0.39 is 9.05 Å². The van der Waals surface area contributed by atoms with Crippen LogP contribution >= 0.6 is 38.2 Å². The summed E-state index contributed by atoms with van der Waals surface area (Å²) in [6, 6.07) is 5.05. The van der Waals surface area contributed by atoms with Gasteiger partial charge in [-0.05, 0) is 27.6 Å². The van der Waals surface area contributed by atoms with Crippen LogP contribution in [0.1, 0.15) is 5.56 Å². The summed E-state index contributed by atoms with van der Waals surface area (Å²) in [5.41, 5.74) is 0.492. The number of hydrogen-bond acceptors (Lipinski definition) is 2. The molecule has 1 aromatic rings. The van der Waals surface area contributed by atoms with E-state index in [4.69, 9.17) is 22.3 Å². The molecule has 0 aliphatic rings. The standard InChI is InChI=1S/C7H5BrCl2O2S/c8-6-3-1-2-5(7(6)9)4-13(10,11)12/h1-3H,4H2. The fourth-order valence-electron chi connectivity index (χ4n) is 0.846. The summed E-state index contributed by atoms with van der Waals surface area (Å²) in [5, 5.41) is 0.381. The number of hydrogen-bond donors (Lipinski definition) is 0. The first-order valence-electron chi connectivity index (χ1n) is 3.25. The molecule has 0 radical (unpaired) electrons. The molecule has 0 bridgehead atoms. The molecule has 0 aromatic heterocycles. The predicted octanol–water partition coefficient (Wildman–Crippen LogP) is 3.17. The van der Waals surface area contributed by atoms with E-state index in [1.54, 1.807) is 18.2 Å². The highest BCUT2D eigenvalue weighted by Crippen LogP contribution is 2.27. The van der Waals surface area contributed by atoms with Crippen molar-refractivity contribution >= 4 is 47.3 Å². The average molecular weight is 304 g/mol. The molecule has 2 nitrogen and oxygen atoms in total. The van der Waals surface area contributed by atoms with Gasteiger partial charge in [-0.1, -0.05) is 23.7 Å². The molecule has 0 aliphatic carbocycles. The van der Waals surface area contributed by atoms with Crippen LogP contribution in [0.3, 0.4) is 0 Å². The van der Waals surface area contributed by atoms with Crippen LogP contribution in [-0.2, 0) is 14.8 Å². The molecule has 0 spiro atoms. The van der Waals surface area contributed by atoms with Crippen LogP contribution in [0.4, 0.5) is 0 Å². The van der Waals surface area contributed by atoms with E-state index in [2.05, 4.69) is 15.9 Å². The lowest BCUT2D eigenvalue weighted by Gasteiger charge is -2.02. The van der Waals surface area contributed by atoms with Gasteiger partial charge in [0.25, 0.3) is 0 Å². The van der Waals surface area contributed by atoms with Crippen LogP contribution in [0.15, 0.2) is 22.7 Å². The van der Waals surface area contributed by atoms with E-state index in [-0.39, 0.29) is 5.75 Å². The lowest BCUT2D eigenvalue weighted by atomic mass is 10.2. The van der Waals surface area contributed by atoms with Crippen LogP contribution < -0.4 is 0 Å². The largest absolute Gasteiger partial charge is 0.236 e. The quantitative estimate of drug-likeness (QED) is 0.787. The third-order valence-electron chi connectivity index (χ3n) is 1.36. The third kappa shape index (κ3) is 3.46. The van der Waals surface area contributed by atoms with Gasteiger partial charge in [0, 0.05) is 15.2 Å².